The van der Waals surface area contributed by atoms with Gasteiger partial charge >= 0.3 is 29.8 Å². The molecule has 3 aliphatic carbocycles. The highest BCUT2D eigenvalue weighted by molar-refractivity contribution is 5.75. The van der Waals surface area contributed by atoms with Crippen LogP contribution < -0.4 is 0 Å². The van der Waals surface area contributed by atoms with Crippen molar-refractivity contribution in [3.8, 4) is 0 Å². The van der Waals surface area contributed by atoms with E-state index in [0.29, 0.717) is 13.0 Å². The predicted octanol–water partition coefficient (Wildman–Crippen LogP) is 6.06. The molecule has 47 heavy (non-hydrogen) atoms. The molecule has 0 N–H and O–H groups in total. The Morgan fingerprint density at radius 1 is 0.809 bits per heavy atom. The van der Waals surface area contributed by atoms with E-state index in [-0.39, 0.29) is 71.2 Å². The standard InChI is InChI=1S/C37H58O10/c1-11-25(19(2)3)34(47-24(8)41)33(46-23(7)40)20(4)27-12-13-28-26-18-43-35(42)30-16-31(44-21(5)38)32(45-22(6)39)17-37(30,10)29(26)14-15-36(27,28)9/h19-20,25-34H,11-18H2,1-10H3/t20-,25-,26?,27+,28?,29?,30?,31-,32+,33-,34-,36+,37+/m0/s1. The van der Waals surface area contributed by atoms with Gasteiger partial charge in [0.25, 0.3) is 0 Å². The van der Waals surface area contributed by atoms with Crippen LogP contribution in [-0.2, 0) is 47.7 Å². The van der Waals surface area contributed by atoms with Gasteiger partial charge in [0.15, 0.2) is 0 Å². The van der Waals surface area contributed by atoms with Gasteiger partial charge in [0.1, 0.15) is 24.4 Å². The Hall–Kier alpha value is -2.65. The van der Waals surface area contributed by atoms with Crippen molar-refractivity contribution >= 4 is 29.8 Å². The summed E-state index contributed by atoms with van der Waals surface area (Å²) in [4.78, 5) is 62.7. The molecule has 266 valence electrons. The third kappa shape index (κ3) is 7.36. The van der Waals surface area contributed by atoms with Crippen molar-refractivity contribution in [2.75, 3.05) is 6.61 Å². The first-order valence-corrected chi connectivity index (χ1v) is 17.8. The molecule has 4 aliphatic rings. The summed E-state index contributed by atoms with van der Waals surface area (Å²) in [5, 5.41) is 0. The lowest BCUT2D eigenvalue weighted by molar-refractivity contribution is -0.189. The minimum absolute atomic E-state index is 0.0249. The molecule has 0 aromatic carbocycles. The van der Waals surface area contributed by atoms with Crippen molar-refractivity contribution in [1.29, 1.82) is 0 Å². The van der Waals surface area contributed by atoms with E-state index in [1.807, 2.05) is 0 Å². The minimum atomic E-state index is -0.703. The number of ether oxygens (including phenoxy) is 5. The fourth-order valence-corrected chi connectivity index (χ4v) is 10.9. The molecule has 4 rings (SSSR count). The molecule has 10 nitrogen and oxygen atoms in total. The summed E-state index contributed by atoms with van der Waals surface area (Å²) >= 11 is 0. The summed E-state index contributed by atoms with van der Waals surface area (Å²) in [5.41, 5.74) is -0.626. The van der Waals surface area contributed by atoms with Crippen molar-refractivity contribution in [3.05, 3.63) is 0 Å². The molecule has 0 radical (unpaired) electrons. The molecule has 0 aromatic heterocycles. The number of carbonyl (C=O) groups is 5. The third-order valence-electron chi connectivity index (χ3n) is 12.8. The average Bonchev–Trinajstić information content (AvgIpc) is 3.26. The Kier molecular flexibility index (Phi) is 11.4. The Labute approximate surface area is 280 Å². The molecule has 0 bridgehead atoms. The average molecular weight is 663 g/mol. The summed E-state index contributed by atoms with van der Waals surface area (Å²) in [5.74, 6) is -1.58. The van der Waals surface area contributed by atoms with E-state index in [4.69, 9.17) is 23.7 Å². The first-order valence-electron chi connectivity index (χ1n) is 17.8. The van der Waals surface area contributed by atoms with E-state index in [1.165, 1.54) is 27.7 Å². The van der Waals surface area contributed by atoms with E-state index in [0.717, 1.165) is 32.1 Å². The fraction of sp³-hybridized carbons (Fsp3) is 0.865. The summed E-state index contributed by atoms with van der Waals surface area (Å²) in [6, 6.07) is 0. The lowest BCUT2D eigenvalue weighted by atomic mass is 9.48. The monoisotopic (exact) mass is 662 g/mol. The summed E-state index contributed by atoms with van der Waals surface area (Å²) in [6.45, 7) is 18.8. The van der Waals surface area contributed by atoms with Crippen LogP contribution in [0.15, 0.2) is 0 Å². The molecule has 1 aliphatic heterocycles. The van der Waals surface area contributed by atoms with Gasteiger partial charge in [-0.1, -0.05) is 41.5 Å². The molecule has 0 aromatic rings. The van der Waals surface area contributed by atoms with Gasteiger partial charge in [-0.2, -0.15) is 0 Å². The zero-order valence-electron chi connectivity index (χ0n) is 30.2. The number of cyclic esters (lactones) is 1. The molecule has 0 amide bonds. The minimum Gasteiger partial charge on any atom is -0.465 e. The lowest BCUT2D eigenvalue weighted by Gasteiger charge is -2.56. The van der Waals surface area contributed by atoms with Crippen LogP contribution in [0.2, 0.25) is 0 Å². The quantitative estimate of drug-likeness (QED) is 0.201. The summed E-state index contributed by atoms with van der Waals surface area (Å²) in [6.07, 6.45) is 2.63. The van der Waals surface area contributed by atoms with Gasteiger partial charge in [0.2, 0.25) is 0 Å². The topological polar surface area (TPSA) is 132 Å². The molecule has 4 fully saturated rings. The van der Waals surface area contributed by atoms with E-state index in [9.17, 15) is 24.0 Å². The highest BCUT2D eigenvalue weighted by Crippen LogP contribution is 2.66. The smallest absolute Gasteiger partial charge is 0.309 e. The predicted molar refractivity (Wildman–Crippen MR) is 172 cm³/mol. The van der Waals surface area contributed by atoms with Gasteiger partial charge in [0, 0.05) is 46.0 Å². The maximum absolute atomic E-state index is 13.6. The van der Waals surface area contributed by atoms with Crippen LogP contribution in [0.4, 0.5) is 0 Å². The molecule has 3 saturated carbocycles. The van der Waals surface area contributed by atoms with Crippen molar-refractivity contribution < 1.29 is 47.7 Å². The Bertz CT molecular complexity index is 1200. The van der Waals surface area contributed by atoms with Crippen LogP contribution in [0.1, 0.15) is 114 Å². The largest absolute Gasteiger partial charge is 0.465 e. The maximum Gasteiger partial charge on any atom is 0.309 e. The molecule has 1 heterocycles. The van der Waals surface area contributed by atoms with Crippen LogP contribution in [0, 0.1) is 58.2 Å². The van der Waals surface area contributed by atoms with Gasteiger partial charge in [-0.05, 0) is 78.9 Å². The summed E-state index contributed by atoms with van der Waals surface area (Å²) in [7, 11) is 0. The zero-order chi connectivity index (χ0) is 35.0. The van der Waals surface area contributed by atoms with Crippen LogP contribution in [0.3, 0.4) is 0 Å². The van der Waals surface area contributed by atoms with Gasteiger partial charge in [-0.25, -0.2) is 0 Å². The summed E-state index contributed by atoms with van der Waals surface area (Å²) < 4.78 is 29.5. The second-order valence-corrected chi connectivity index (χ2v) is 15.9. The molecular weight excluding hydrogens is 604 g/mol. The second-order valence-electron chi connectivity index (χ2n) is 15.9. The van der Waals surface area contributed by atoms with Crippen molar-refractivity contribution in [2.24, 2.45) is 58.2 Å². The van der Waals surface area contributed by atoms with Gasteiger partial charge in [-0.15, -0.1) is 0 Å². The number of hydrogen-bond acceptors (Lipinski definition) is 10. The van der Waals surface area contributed by atoms with E-state index in [1.54, 1.807) is 0 Å². The van der Waals surface area contributed by atoms with Crippen molar-refractivity contribution in [2.45, 2.75) is 139 Å². The molecular formula is C37H58O10. The Balaban J connectivity index is 1.66. The first-order chi connectivity index (χ1) is 21.9. The van der Waals surface area contributed by atoms with E-state index < -0.39 is 47.7 Å². The van der Waals surface area contributed by atoms with Crippen LogP contribution in [0.25, 0.3) is 0 Å². The van der Waals surface area contributed by atoms with Crippen LogP contribution >= 0.6 is 0 Å². The normalized spacial score (nSPS) is 37.4. The van der Waals surface area contributed by atoms with Gasteiger partial charge in [0.05, 0.1) is 12.5 Å². The van der Waals surface area contributed by atoms with Crippen molar-refractivity contribution in [3.63, 3.8) is 0 Å². The number of hydrogen-bond donors (Lipinski definition) is 0. The van der Waals surface area contributed by atoms with E-state index in [2.05, 4.69) is 41.5 Å². The van der Waals surface area contributed by atoms with Crippen molar-refractivity contribution in [1.82, 2.24) is 0 Å². The number of esters is 5. The van der Waals surface area contributed by atoms with Crippen LogP contribution in [-0.4, -0.2) is 60.9 Å². The van der Waals surface area contributed by atoms with E-state index >= 15 is 0 Å². The Morgan fingerprint density at radius 2 is 1.38 bits per heavy atom. The second kappa shape index (κ2) is 14.5. The number of fused-ring (bicyclic) bond motifs is 5. The molecule has 1 saturated heterocycles. The van der Waals surface area contributed by atoms with Gasteiger partial charge in [-0.3, -0.25) is 24.0 Å². The van der Waals surface area contributed by atoms with Crippen LogP contribution in [0.5, 0.6) is 0 Å². The molecule has 0 spiro atoms. The first kappa shape index (κ1) is 37.2. The molecule has 10 heteroatoms. The maximum atomic E-state index is 13.6. The SMILES string of the molecule is CC[C@@H](C(C)C)[C@H](OC(C)=O)[C@@H](OC(C)=O)[C@@H](C)[C@H]1CCC2C3COC(=O)C4C[C@H](OC(C)=O)[C@H](OC(C)=O)C[C@]4(C)C3CC[C@@]21C. The highest BCUT2D eigenvalue weighted by Gasteiger charge is 2.64. The van der Waals surface area contributed by atoms with Gasteiger partial charge < -0.3 is 23.7 Å². The Morgan fingerprint density at radius 3 is 1.94 bits per heavy atom. The lowest BCUT2D eigenvalue weighted by Crippen LogP contribution is -2.56. The zero-order valence-corrected chi connectivity index (χ0v) is 30.2. The molecule has 4 unspecified atom stereocenters. The fourth-order valence-electron chi connectivity index (χ4n) is 10.9. The third-order valence-corrected chi connectivity index (χ3v) is 12.8. The molecule has 13 atom stereocenters. The highest BCUT2D eigenvalue weighted by atomic mass is 16.6. The number of carbonyl (C=O) groups excluding carboxylic acids is 5. The number of rotatable bonds is 10.